The molecule has 1 atom stereocenters. The van der Waals surface area contributed by atoms with E-state index in [1.54, 1.807) is 25.1 Å². The Balaban J connectivity index is 1.93. The summed E-state index contributed by atoms with van der Waals surface area (Å²) in [6, 6.07) is 10.9. The molecule has 3 rings (SSSR count). The number of anilines is 1. The number of para-hydroxylation sites is 1. The maximum absolute atomic E-state index is 13.2. The molecule has 2 N–H and O–H groups in total. The maximum Gasteiger partial charge on any atom is 0.406 e. The van der Waals surface area contributed by atoms with E-state index in [0.29, 0.717) is 17.8 Å². The Morgan fingerprint density at radius 3 is 2.61 bits per heavy atom. The number of methoxy groups -OCH3 is 1. The topological polar surface area (TPSA) is 79.9 Å². The summed E-state index contributed by atoms with van der Waals surface area (Å²) in [5.74, 6) is -0.572. The van der Waals surface area contributed by atoms with Gasteiger partial charge in [0.1, 0.15) is 12.7 Å². The molecule has 0 saturated heterocycles. The van der Waals surface area contributed by atoms with E-state index in [1.807, 2.05) is 0 Å². The van der Waals surface area contributed by atoms with Crippen molar-refractivity contribution in [2.24, 2.45) is 0 Å². The molecule has 1 heterocycles. The van der Waals surface area contributed by atoms with Gasteiger partial charge in [-0.05, 0) is 36.8 Å². The standard InChI is InChI=1S/C21H22F3N3O4/c1-3-25-18(28)11-31-16-9-8-13(10-17(16)30-2)19-26-15-7-5-4-6-14(15)20(29)27(19)12-21(22,23)24/h4-10,19,26H,3,11-12H2,1-2H3,(H,25,28). The molecule has 7 nitrogen and oxygen atoms in total. The van der Waals surface area contributed by atoms with Crippen molar-refractivity contribution in [3.05, 3.63) is 53.6 Å². The second kappa shape index (κ2) is 9.15. The average Bonchev–Trinajstić information content (AvgIpc) is 2.73. The van der Waals surface area contributed by atoms with Crippen molar-refractivity contribution in [2.45, 2.75) is 19.3 Å². The van der Waals surface area contributed by atoms with Crippen LogP contribution in [0.5, 0.6) is 11.5 Å². The number of nitrogens with one attached hydrogen (secondary N) is 2. The Morgan fingerprint density at radius 1 is 1.19 bits per heavy atom. The zero-order valence-corrected chi connectivity index (χ0v) is 17.0. The van der Waals surface area contributed by atoms with Crippen LogP contribution < -0.4 is 20.1 Å². The summed E-state index contributed by atoms with van der Waals surface area (Å²) in [7, 11) is 1.38. The minimum atomic E-state index is -4.58. The number of benzene rings is 2. The molecular formula is C21H22F3N3O4. The van der Waals surface area contributed by atoms with Gasteiger partial charge in [0.15, 0.2) is 18.1 Å². The summed E-state index contributed by atoms with van der Waals surface area (Å²) in [5.41, 5.74) is 0.970. The monoisotopic (exact) mass is 437 g/mol. The highest BCUT2D eigenvalue weighted by molar-refractivity contribution is 6.01. The number of carbonyl (C=O) groups excluding carboxylic acids is 2. The fourth-order valence-corrected chi connectivity index (χ4v) is 3.28. The molecule has 0 bridgehead atoms. The van der Waals surface area contributed by atoms with Crippen molar-refractivity contribution >= 4 is 17.5 Å². The Bertz CT molecular complexity index is 965. The summed E-state index contributed by atoms with van der Waals surface area (Å²) < 4.78 is 50.4. The number of nitrogens with zero attached hydrogens (tertiary/aromatic N) is 1. The van der Waals surface area contributed by atoms with Gasteiger partial charge in [-0.1, -0.05) is 18.2 Å². The lowest BCUT2D eigenvalue weighted by atomic mass is 10.0. The first-order chi connectivity index (χ1) is 14.7. The lowest BCUT2D eigenvalue weighted by Crippen LogP contribution is -2.47. The van der Waals surface area contributed by atoms with Crippen molar-refractivity contribution in [1.82, 2.24) is 10.2 Å². The number of alkyl halides is 3. The number of likely N-dealkylation sites (N-methyl/N-ethyl adjacent to an activating group) is 1. The van der Waals surface area contributed by atoms with Crippen LogP contribution in [-0.2, 0) is 4.79 Å². The van der Waals surface area contributed by atoms with Gasteiger partial charge in [-0.3, -0.25) is 9.59 Å². The van der Waals surface area contributed by atoms with Gasteiger partial charge in [0.2, 0.25) is 0 Å². The third-order valence-corrected chi connectivity index (χ3v) is 4.61. The molecule has 10 heteroatoms. The van der Waals surface area contributed by atoms with Crippen molar-refractivity contribution in [3.8, 4) is 11.5 Å². The summed E-state index contributed by atoms with van der Waals surface area (Å²) in [6.45, 7) is 0.569. The number of hydrogen-bond acceptors (Lipinski definition) is 5. The number of rotatable bonds is 7. The molecular weight excluding hydrogens is 415 g/mol. The number of amides is 2. The van der Waals surface area contributed by atoms with E-state index in [1.165, 1.54) is 31.4 Å². The van der Waals surface area contributed by atoms with Crippen molar-refractivity contribution in [3.63, 3.8) is 0 Å². The fraction of sp³-hybridized carbons (Fsp3) is 0.333. The molecule has 0 fully saturated rings. The van der Waals surface area contributed by atoms with E-state index in [2.05, 4.69) is 10.6 Å². The van der Waals surface area contributed by atoms with Gasteiger partial charge in [-0.2, -0.15) is 13.2 Å². The molecule has 2 aromatic carbocycles. The number of fused-ring (bicyclic) bond motifs is 1. The van der Waals surface area contributed by atoms with Gasteiger partial charge >= 0.3 is 6.18 Å². The smallest absolute Gasteiger partial charge is 0.406 e. The lowest BCUT2D eigenvalue weighted by Gasteiger charge is -2.38. The highest BCUT2D eigenvalue weighted by Gasteiger charge is 2.40. The predicted molar refractivity (Wildman–Crippen MR) is 107 cm³/mol. The molecule has 0 spiro atoms. The second-order valence-corrected chi connectivity index (χ2v) is 6.79. The minimum Gasteiger partial charge on any atom is -0.493 e. The Hall–Kier alpha value is -3.43. The molecule has 1 aliphatic rings. The first-order valence-electron chi connectivity index (χ1n) is 9.54. The van der Waals surface area contributed by atoms with Crippen LogP contribution >= 0.6 is 0 Å². The fourth-order valence-electron chi connectivity index (χ4n) is 3.28. The minimum absolute atomic E-state index is 0.164. The molecule has 1 unspecified atom stereocenters. The van der Waals surface area contributed by atoms with Crippen molar-refractivity contribution < 1.29 is 32.2 Å². The van der Waals surface area contributed by atoms with Crippen LogP contribution in [0.15, 0.2) is 42.5 Å². The predicted octanol–water partition coefficient (Wildman–Crippen LogP) is 3.34. The molecule has 0 radical (unpaired) electrons. The third-order valence-electron chi connectivity index (χ3n) is 4.61. The SMILES string of the molecule is CCNC(=O)COc1ccc(C2Nc3ccccc3C(=O)N2CC(F)(F)F)cc1OC. The molecule has 166 valence electrons. The van der Waals surface area contributed by atoms with Gasteiger partial charge < -0.3 is 25.0 Å². The van der Waals surface area contributed by atoms with E-state index >= 15 is 0 Å². The van der Waals surface area contributed by atoms with E-state index in [4.69, 9.17) is 9.47 Å². The highest BCUT2D eigenvalue weighted by Crippen LogP contribution is 2.38. The normalized spacial score (nSPS) is 15.7. The summed E-state index contributed by atoms with van der Waals surface area (Å²) in [5, 5.41) is 5.59. The second-order valence-electron chi connectivity index (χ2n) is 6.79. The van der Waals surface area contributed by atoms with Gasteiger partial charge in [0.05, 0.1) is 12.7 Å². The van der Waals surface area contributed by atoms with Gasteiger partial charge in [0.25, 0.3) is 11.8 Å². The zero-order valence-electron chi connectivity index (χ0n) is 17.0. The average molecular weight is 437 g/mol. The third kappa shape index (κ3) is 5.19. The van der Waals surface area contributed by atoms with Crippen LogP contribution in [0.2, 0.25) is 0 Å². The largest absolute Gasteiger partial charge is 0.493 e. The number of ether oxygens (including phenoxy) is 2. The number of hydrogen-bond donors (Lipinski definition) is 2. The van der Waals surface area contributed by atoms with E-state index in [9.17, 15) is 22.8 Å². The summed E-state index contributed by atoms with van der Waals surface area (Å²) in [4.78, 5) is 25.2. The maximum atomic E-state index is 13.2. The van der Waals surface area contributed by atoms with Crippen LogP contribution in [-0.4, -0.2) is 49.7 Å². The summed E-state index contributed by atoms with van der Waals surface area (Å²) >= 11 is 0. The number of halogens is 3. The Kier molecular flexibility index (Phi) is 6.57. The first-order valence-corrected chi connectivity index (χ1v) is 9.54. The zero-order chi connectivity index (χ0) is 22.6. The Morgan fingerprint density at radius 2 is 1.94 bits per heavy atom. The van der Waals surface area contributed by atoms with Crippen molar-refractivity contribution in [2.75, 3.05) is 32.1 Å². The molecule has 2 aromatic rings. The van der Waals surface area contributed by atoms with Crippen LogP contribution in [0.4, 0.5) is 18.9 Å². The molecule has 0 aromatic heterocycles. The van der Waals surface area contributed by atoms with Gasteiger partial charge in [-0.25, -0.2) is 0 Å². The Labute approximate surface area is 177 Å². The van der Waals surface area contributed by atoms with Crippen molar-refractivity contribution in [1.29, 1.82) is 0 Å². The van der Waals surface area contributed by atoms with Crippen LogP contribution in [0.3, 0.4) is 0 Å². The lowest BCUT2D eigenvalue weighted by molar-refractivity contribution is -0.144. The summed E-state index contributed by atoms with van der Waals surface area (Å²) in [6.07, 6.45) is -5.66. The quantitative estimate of drug-likeness (QED) is 0.695. The van der Waals surface area contributed by atoms with Gasteiger partial charge in [0, 0.05) is 12.2 Å². The molecule has 0 saturated carbocycles. The van der Waals surface area contributed by atoms with E-state index in [0.717, 1.165) is 4.90 Å². The van der Waals surface area contributed by atoms with Crippen LogP contribution in [0, 0.1) is 0 Å². The van der Waals surface area contributed by atoms with E-state index in [-0.39, 0.29) is 29.6 Å². The van der Waals surface area contributed by atoms with E-state index < -0.39 is 24.8 Å². The molecule has 1 aliphatic heterocycles. The number of carbonyl (C=O) groups is 2. The molecule has 0 aliphatic carbocycles. The molecule has 2 amide bonds. The van der Waals surface area contributed by atoms with Crippen LogP contribution in [0.25, 0.3) is 0 Å². The van der Waals surface area contributed by atoms with Crippen LogP contribution in [0.1, 0.15) is 29.0 Å². The highest BCUT2D eigenvalue weighted by atomic mass is 19.4. The first kappa shape index (κ1) is 22.3. The van der Waals surface area contributed by atoms with Gasteiger partial charge in [-0.15, -0.1) is 0 Å². The molecule has 31 heavy (non-hydrogen) atoms.